The second-order valence-electron chi connectivity index (χ2n) is 6.48. The summed E-state index contributed by atoms with van der Waals surface area (Å²) in [6.45, 7) is 2.00. The minimum absolute atomic E-state index is 0.00530. The number of carbonyl (C=O) groups excluding carboxylic acids is 2. The molecular formula is C19H21BrN6O5. The molecule has 0 fully saturated rings. The van der Waals surface area contributed by atoms with Crippen LogP contribution in [0.1, 0.15) is 32.0 Å². The molecule has 12 heteroatoms. The van der Waals surface area contributed by atoms with Gasteiger partial charge < -0.3 is 25.3 Å². The number of H-pyrrole nitrogens is 1. The van der Waals surface area contributed by atoms with Crippen molar-refractivity contribution in [2.24, 2.45) is 5.73 Å². The molecule has 31 heavy (non-hydrogen) atoms. The lowest BCUT2D eigenvalue weighted by molar-refractivity contribution is -0.0945. The van der Waals surface area contributed by atoms with E-state index < -0.39 is 12.3 Å². The van der Waals surface area contributed by atoms with Crippen molar-refractivity contribution in [3.05, 3.63) is 51.1 Å². The summed E-state index contributed by atoms with van der Waals surface area (Å²) in [4.78, 5) is 29.7. The first kappa shape index (κ1) is 22.7. The molecular weight excluding hydrogens is 472 g/mol. The van der Waals surface area contributed by atoms with Crippen LogP contribution >= 0.6 is 15.9 Å². The molecule has 11 nitrogen and oxygen atoms in total. The number of methoxy groups -OCH3 is 1. The number of aromatic amines is 1. The summed E-state index contributed by atoms with van der Waals surface area (Å²) in [5.41, 5.74) is 6.71. The van der Waals surface area contributed by atoms with Gasteiger partial charge in [0.15, 0.2) is 12.1 Å². The Bertz CT molecular complexity index is 1100. The van der Waals surface area contributed by atoms with Gasteiger partial charge in [0.1, 0.15) is 5.69 Å². The molecule has 0 radical (unpaired) electrons. The Hall–Kier alpha value is -2.93. The summed E-state index contributed by atoms with van der Waals surface area (Å²) in [7, 11) is 1.23. The lowest BCUT2D eigenvalue weighted by atomic mass is 9.99. The van der Waals surface area contributed by atoms with E-state index in [-0.39, 0.29) is 42.6 Å². The third kappa shape index (κ3) is 5.05. The lowest BCUT2D eigenvalue weighted by Gasteiger charge is -2.07. The number of aromatic nitrogens is 5. The van der Waals surface area contributed by atoms with Crippen LogP contribution in [0.25, 0.3) is 11.5 Å². The maximum atomic E-state index is 13.2. The van der Waals surface area contributed by atoms with Gasteiger partial charge >= 0.3 is 5.97 Å². The van der Waals surface area contributed by atoms with Gasteiger partial charge in [0.05, 0.1) is 31.5 Å². The first-order valence-electron chi connectivity index (χ1n) is 9.24. The molecule has 0 saturated carbocycles. The molecule has 0 bridgehead atoms. The number of hydrogen-bond donors (Lipinski definition) is 3. The van der Waals surface area contributed by atoms with E-state index in [0.29, 0.717) is 16.8 Å². The highest BCUT2D eigenvalue weighted by Gasteiger charge is 2.28. The first-order valence-corrected chi connectivity index (χ1v) is 10.0. The van der Waals surface area contributed by atoms with Crippen LogP contribution in [-0.2, 0) is 16.0 Å². The smallest absolute Gasteiger partial charge is 0.355 e. The second-order valence-corrected chi connectivity index (χ2v) is 7.39. The fourth-order valence-electron chi connectivity index (χ4n) is 2.91. The molecule has 3 rings (SSSR count). The Kier molecular flexibility index (Phi) is 7.28. The predicted octanol–water partition coefficient (Wildman–Crippen LogP) is 1.05. The number of hydrogen-bond acceptors (Lipinski definition) is 9. The minimum Gasteiger partial charge on any atom is -0.464 e. The number of aliphatic hydroxyl groups excluding tert-OH is 1. The normalized spacial score (nSPS) is 12.0. The van der Waals surface area contributed by atoms with Gasteiger partial charge in [-0.15, -0.1) is 10.2 Å². The first-order chi connectivity index (χ1) is 14.8. The quantitative estimate of drug-likeness (QED) is 0.225. The highest BCUT2D eigenvalue weighted by atomic mass is 79.9. The number of tetrazole rings is 1. The van der Waals surface area contributed by atoms with Gasteiger partial charge in [0.2, 0.25) is 5.82 Å². The zero-order valence-electron chi connectivity index (χ0n) is 16.8. The second kappa shape index (κ2) is 9.92. The topological polar surface area (TPSA) is 158 Å². The van der Waals surface area contributed by atoms with Crippen molar-refractivity contribution in [1.82, 2.24) is 25.2 Å². The number of carbonyl (C=O) groups is 2. The Morgan fingerprint density at radius 2 is 2.16 bits per heavy atom. The predicted molar refractivity (Wildman–Crippen MR) is 112 cm³/mol. The lowest BCUT2D eigenvalue weighted by Crippen LogP contribution is -2.25. The Morgan fingerprint density at radius 3 is 2.84 bits per heavy atom. The highest BCUT2D eigenvalue weighted by Crippen LogP contribution is 2.28. The number of benzene rings is 1. The van der Waals surface area contributed by atoms with Crippen LogP contribution in [0.5, 0.6) is 0 Å². The van der Waals surface area contributed by atoms with Gasteiger partial charge in [-0.1, -0.05) is 28.1 Å². The van der Waals surface area contributed by atoms with Gasteiger partial charge in [-0.05, 0) is 29.8 Å². The summed E-state index contributed by atoms with van der Waals surface area (Å²) in [6.07, 6.45) is -1.07. The molecule has 0 aliphatic carbocycles. The molecule has 1 aromatic carbocycles. The Morgan fingerprint density at radius 1 is 1.39 bits per heavy atom. The summed E-state index contributed by atoms with van der Waals surface area (Å²) in [6, 6.07) is 6.85. The maximum Gasteiger partial charge on any atom is 0.355 e. The van der Waals surface area contributed by atoms with Crippen molar-refractivity contribution in [1.29, 1.82) is 0 Å². The van der Waals surface area contributed by atoms with Crippen molar-refractivity contribution < 1.29 is 24.2 Å². The summed E-state index contributed by atoms with van der Waals surface area (Å²) in [5.74, 6) is -0.849. The van der Waals surface area contributed by atoms with Crippen LogP contribution in [0, 0.1) is 6.92 Å². The van der Waals surface area contributed by atoms with E-state index in [1.165, 1.54) is 11.9 Å². The molecule has 3 aromatic rings. The Balaban J connectivity index is 1.94. The molecule has 0 aliphatic rings. The molecule has 2 heterocycles. The van der Waals surface area contributed by atoms with E-state index in [1.54, 1.807) is 31.2 Å². The maximum absolute atomic E-state index is 13.2. The van der Waals surface area contributed by atoms with E-state index in [4.69, 9.17) is 15.2 Å². The van der Waals surface area contributed by atoms with Crippen LogP contribution in [0.15, 0.2) is 28.7 Å². The standard InChI is InChI=1S/C19H21BrN6O5/c1-10-14(17(28)11-4-3-5-12(20)8-11)16(19(29)30-2)22-15(10)18-23-25-26(24-18)6-7-31-13(27)9-21/h3-5,8,13,22,27H,6-7,9,21H2,1-2H3. The molecule has 164 valence electrons. The highest BCUT2D eigenvalue weighted by molar-refractivity contribution is 9.10. The van der Waals surface area contributed by atoms with E-state index >= 15 is 0 Å². The zero-order chi connectivity index (χ0) is 22.5. The van der Waals surface area contributed by atoms with Crippen LogP contribution in [0.4, 0.5) is 0 Å². The van der Waals surface area contributed by atoms with E-state index in [9.17, 15) is 14.7 Å². The molecule has 0 saturated heterocycles. The molecule has 0 amide bonds. The van der Waals surface area contributed by atoms with Gasteiger partial charge in [-0.25, -0.2) is 4.79 Å². The monoisotopic (exact) mass is 492 g/mol. The van der Waals surface area contributed by atoms with Gasteiger partial charge in [-0.2, -0.15) is 4.80 Å². The number of nitrogens with zero attached hydrogens (tertiary/aromatic N) is 4. The number of nitrogens with two attached hydrogens (primary N) is 1. The largest absolute Gasteiger partial charge is 0.464 e. The van der Waals surface area contributed by atoms with Crippen molar-refractivity contribution in [3.63, 3.8) is 0 Å². The van der Waals surface area contributed by atoms with Crippen molar-refractivity contribution in [2.45, 2.75) is 19.8 Å². The number of rotatable bonds is 9. The van der Waals surface area contributed by atoms with Gasteiger partial charge in [-0.3, -0.25) is 4.79 Å². The van der Waals surface area contributed by atoms with Crippen molar-refractivity contribution >= 4 is 27.7 Å². The molecule has 1 unspecified atom stereocenters. The average molecular weight is 493 g/mol. The number of ketones is 1. The number of halogens is 1. The van der Waals surface area contributed by atoms with Crippen LogP contribution < -0.4 is 5.73 Å². The number of nitrogens with one attached hydrogen (secondary N) is 1. The number of esters is 1. The fraction of sp³-hybridized carbons (Fsp3) is 0.316. The van der Waals surface area contributed by atoms with Crippen molar-refractivity contribution in [2.75, 3.05) is 20.3 Å². The number of aliphatic hydroxyl groups is 1. The van der Waals surface area contributed by atoms with Gasteiger partial charge in [0, 0.05) is 16.6 Å². The average Bonchev–Trinajstić information content (AvgIpc) is 3.36. The van der Waals surface area contributed by atoms with E-state index in [2.05, 4.69) is 36.3 Å². The zero-order valence-corrected chi connectivity index (χ0v) is 18.4. The molecule has 1 atom stereocenters. The third-order valence-corrected chi connectivity index (χ3v) is 4.93. The summed E-state index contributed by atoms with van der Waals surface area (Å²) < 4.78 is 10.7. The molecule has 2 aromatic heterocycles. The van der Waals surface area contributed by atoms with Crippen LogP contribution in [0.3, 0.4) is 0 Å². The van der Waals surface area contributed by atoms with Crippen LogP contribution in [0.2, 0.25) is 0 Å². The van der Waals surface area contributed by atoms with Crippen LogP contribution in [-0.4, -0.2) is 68.6 Å². The van der Waals surface area contributed by atoms with Crippen molar-refractivity contribution in [3.8, 4) is 11.5 Å². The van der Waals surface area contributed by atoms with E-state index in [1.807, 2.05) is 0 Å². The number of ether oxygens (including phenoxy) is 2. The molecule has 4 N–H and O–H groups in total. The fourth-order valence-corrected chi connectivity index (χ4v) is 3.31. The van der Waals surface area contributed by atoms with E-state index in [0.717, 1.165) is 4.47 Å². The molecule has 0 aliphatic heterocycles. The summed E-state index contributed by atoms with van der Waals surface area (Å²) in [5, 5.41) is 21.5. The van der Waals surface area contributed by atoms with Gasteiger partial charge in [0.25, 0.3) is 0 Å². The Labute approximate surface area is 185 Å². The molecule has 0 spiro atoms. The minimum atomic E-state index is -1.07. The SMILES string of the molecule is COC(=O)c1[nH]c(-c2nnn(CCOC(O)CN)n2)c(C)c1C(=O)c1cccc(Br)c1. The summed E-state index contributed by atoms with van der Waals surface area (Å²) >= 11 is 3.35. The third-order valence-electron chi connectivity index (χ3n) is 4.43.